The average Bonchev–Trinajstić information content (AvgIpc) is 2.36. The van der Waals surface area contributed by atoms with Crippen LogP contribution in [-0.2, 0) is 0 Å². The van der Waals surface area contributed by atoms with Gasteiger partial charge in [-0.15, -0.1) is 0 Å². The Kier molecular flexibility index (Phi) is 3.95. The first kappa shape index (κ1) is 13.0. The van der Waals surface area contributed by atoms with E-state index in [4.69, 9.17) is 17.4 Å². The Morgan fingerprint density at radius 1 is 1.39 bits per heavy atom. The molecule has 0 radical (unpaired) electrons. The topological polar surface area (TPSA) is 75.9 Å². The highest BCUT2D eigenvalue weighted by Crippen LogP contribution is 2.26. The van der Waals surface area contributed by atoms with E-state index in [9.17, 15) is 4.39 Å². The van der Waals surface area contributed by atoms with Gasteiger partial charge in [0.1, 0.15) is 10.8 Å². The molecule has 94 valence electrons. The van der Waals surface area contributed by atoms with Gasteiger partial charge in [0.05, 0.1) is 10.7 Å². The van der Waals surface area contributed by atoms with Crippen LogP contribution in [-0.4, -0.2) is 9.97 Å². The number of nitrogens with one attached hydrogen (secondary N) is 2. The maximum absolute atomic E-state index is 13.1. The van der Waals surface area contributed by atoms with Gasteiger partial charge in [-0.05, 0) is 34.1 Å². The number of hydrogen-bond acceptors (Lipinski definition) is 5. The zero-order valence-corrected chi connectivity index (χ0v) is 11.3. The molecule has 2 aromatic rings. The van der Waals surface area contributed by atoms with Gasteiger partial charge in [-0.3, -0.25) is 5.43 Å². The highest BCUT2D eigenvalue weighted by Gasteiger charge is 2.06. The number of hydrogen-bond donors (Lipinski definition) is 3. The Bertz CT molecular complexity index is 580. The summed E-state index contributed by atoms with van der Waals surface area (Å²) in [5, 5.41) is 3.27. The van der Waals surface area contributed by atoms with Crippen molar-refractivity contribution < 1.29 is 4.39 Å². The number of benzene rings is 1. The summed E-state index contributed by atoms with van der Waals surface area (Å²) in [5.41, 5.74) is 2.94. The molecule has 0 aliphatic rings. The molecular weight excluding hydrogens is 324 g/mol. The lowest BCUT2D eigenvalue weighted by Crippen LogP contribution is -2.11. The number of rotatable bonds is 3. The van der Waals surface area contributed by atoms with Crippen molar-refractivity contribution in [3.05, 3.63) is 39.7 Å². The molecule has 0 aliphatic carbocycles. The molecule has 2 rings (SSSR count). The summed E-state index contributed by atoms with van der Waals surface area (Å²) in [6, 6.07) is 4.46. The Labute approximate surface area is 116 Å². The number of halogens is 3. The van der Waals surface area contributed by atoms with Crippen molar-refractivity contribution in [2.24, 2.45) is 5.84 Å². The number of hydrazine groups is 1. The highest BCUT2D eigenvalue weighted by atomic mass is 79.9. The second-order valence-electron chi connectivity index (χ2n) is 3.29. The van der Waals surface area contributed by atoms with Crippen LogP contribution in [0, 0.1) is 5.82 Å². The fourth-order valence-corrected chi connectivity index (χ4v) is 1.75. The maximum Gasteiger partial charge on any atom is 0.239 e. The largest absolute Gasteiger partial charge is 0.339 e. The minimum atomic E-state index is -0.348. The Morgan fingerprint density at radius 3 is 2.83 bits per heavy atom. The van der Waals surface area contributed by atoms with Crippen LogP contribution >= 0.6 is 27.5 Å². The quantitative estimate of drug-likeness (QED) is 0.595. The second-order valence-corrected chi connectivity index (χ2v) is 4.55. The Hall–Kier alpha value is -1.44. The summed E-state index contributed by atoms with van der Waals surface area (Å²) in [6.45, 7) is 0. The lowest BCUT2D eigenvalue weighted by Gasteiger charge is -2.09. The predicted octanol–water partition coefficient (Wildman–Crippen LogP) is 3.06. The van der Waals surface area contributed by atoms with Crippen LogP contribution in [0.15, 0.2) is 28.9 Å². The van der Waals surface area contributed by atoms with Crippen LogP contribution in [0.1, 0.15) is 0 Å². The molecule has 1 aromatic heterocycles. The lowest BCUT2D eigenvalue weighted by atomic mass is 10.3. The third-order valence-corrected chi connectivity index (χ3v) is 2.94. The van der Waals surface area contributed by atoms with Crippen molar-refractivity contribution in [2.75, 3.05) is 10.7 Å². The Balaban J connectivity index is 2.30. The molecule has 18 heavy (non-hydrogen) atoms. The fourth-order valence-electron chi connectivity index (χ4n) is 1.23. The van der Waals surface area contributed by atoms with E-state index in [0.717, 1.165) is 0 Å². The third-order valence-electron chi connectivity index (χ3n) is 2.06. The predicted molar refractivity (Wildman–Crippen MR) is 72.2 cm³/mol. The minimum absolute atomic E-state index is 0.225. The lowest BCUT2D eigenvalue weighted by molar-refractivity contribution is 0.621. The first-order valence-electron chi connectivity index (χ1n) is 4.81. The number of aromatic nitrogens is 2. The van der Waals surface area contributed by atoms with Crippen molar-refractivity contribution >= 4 is 45.0 Å². The van der Waals surface area contributed by atoms with Crippen LogP contribution in [0.5, 0.6) is 0 Å². The van der Waals surface area contributed by atoms with E-state index in [0.29, 0.717) is 21.0 Å². The molecule has 0 aliphatic heterocycles. The molecule has 0 atom stereocenters. The van der Waals surface area contributed by atoms with E-state index >= 15 is 0 Å². The smallest absolute Gasteiger partial charge is 0.239 e. The molecule has 1 aromatic carbocycles. The summed E-state index contributed by atoms with van der Waals surface area (Å²) in [7, 11) is 0. The molecule has 5 nitrogen and oxygen atoms in total. The number of nitrogens with zero attached hydrogens (tertiary/aromatic N) is 2. The van der Waals surface area contributed by atoms with Crippen molar-refractivity contribution in [1.82, 2.24) is 9.97 Å². The molecule has 4 N–H and O–H groups in total. The maximum atomic E-state index is 13.1. The molecule has 1 heterocycles. The van der Waals surface area contributed by atoms with Gasteiger partial charge in [0, 0.05) is 5.69 Å². The van der Waals surface area contributed by atoms with E-state index in [1.54, 1.807) is 12.1 Å². The van der Waals surface area contributed by atoms with Crippen LogP contribution in [0.4, 0.5) is 21.8 Å². The molecule has 8 heteroatoms. The van der Waals surface area contributed by atoms with Crippen molar-refractivity contribution in [2.45, 2.75) is 0 Å². The van der Waals surface area contributed by atoms with Crippen LogP contribution in [0.3, 0.4) is 0 Å². The van der Waals surface area contributed by atoms with E-state index in [1.165, 1.54) is 12.3 Å². The third kappa shape index (κ3) is 2.87. The van der Waals surface area contributed by atoms with Crippen LogP contribution in [0.2, 0.25) is 5.02 Å². The number of nitrogen functional groups attached to an aromatic ring is 1. The normalized spacial score (nSPS) is 10.2. The standard InChI is InChI=1S/C10H8BrClFN5/c11-6-3-5(1-2-8(6)13)16-9-7(12)4-15-10(17-9)18-14/h1-4H,14H2,(H2,15,16,17,18). The molecule has 0 spiro atoms. The van der Waals surface area contributed by atoms with Crippen LogP contribution < -0.4 is 16.6 Å². The van der Waals surface area contributed by atoms with Crippen molar-refractivity contribution in [3.8, 4) is 0 Å². The van der Waals surface area contributed by atoms with Gasteiger partial charge in [-0.2, -0.15) is 4.98 Å². The average molecular weight is 333 g/mol. The minimum Gasteiger partial charge on any atom is -0.339 e. The summed E-state index contributed by atoms with van der Waals surface area (Å²) >= 11 is 9.03. The van der Waals surface area contributed by atoms with Gasteiger partial charge in [0.2, 0.25) is 5.95 Å². The van der Waals surface area contributed by atoms with Crippen molar-refractivity contribution in [3.63, 3.8) is 0 Å². The zero-order valence-electron chi connectivity index (χ0n) is 8.92. The molecule has 0 bridgehead atoms. The number of anilines is 3. The Morgan fingerprint density at radius 2 is 2.17 bits per heavy atom. The van der Waals surface area contributed by atoms with E-state index in [-0.39, 0.29) is 11.8 Å². The van der Waals surface area contributed by atoms with Crippen LogP contribution in [0.25, 0.3) is 0 Å². The first-order valence-corrected chi connectivity index (χ1v) is 5.98. The highest BCUT2D eigenvalue weighted by molar-refractivity contribution is 9.10. The van der Waals surface area contributed by atoms with E-state index in [1.807, 2.05) is 0 Å². The summed E-state index contributed by atoms with van der Waals surface area (Å²) in [5.74, 6) is 5.45. The summed E-state index contributed by atoms with van der Waals surface area (Å²) in [4.78, 5) is 7.88. The number of nitrogens with two attached hydrogens (primary N) is 1. The van der Waals surface area contributed by atoms with Gasteiger partial charge >= 0.3 is 0 Å². The van der Waals surface area contributed by atoms with E-state index in [2.05, 4.69) is 36.6 Å². The molecule has 0 saturated carbocycles. The van der Waals surface area contributed by atoms with Gasteiger partial charge in [-0.25, -0.2) is 15.2 Å². The first-order chi connectivity index (χ1) is 8.60. The van der Waals surface area contributed by atoms with Gasteiger partial charge in [0.25, 0.3) is 0 Å². The van der Waals surface area contributed by atoms with Crippen molar-refractivity contribution in [1.29, 1.82) is 0 Å². The summed E-state index contributed by atoms with van der Waals surface area (Å²) in [6.07, 6.45) is 1.41. The van der Waals surface area contributed by atoms with E-state index < -0.39 is 0 Å². The molecule has 0 saturated heterocycles. The SMILES string of the molecule is NNc1ncc(Cl)c(Nc2ccc(F)c(Br)c2)n1. The summed E-state index contributed by atoms with van der Waals surface area (Å²) < 4.78 is 13.4. The monoisotopic (exact) mass is 331 g/mol. The molecule has 0 unspecified atom stereocenters. The second kappa shape index (κ2) is 5.47. The van der Waals surface area contributed by atoms with Gasteiger partial charge in [0.15, 0.2) is 5.82 Å². The van der Waals surface area contributed by atoms with Gasteiger partial charge in [-0.1, -0.05) is 11.6 Å². The fraction of sp³-hybridized carbons (Fsp3) is 0. The van der Waals surface area contributed by atoms with Gasteiger partial charge < -0.3 is 5.32 Å². The zero-order chi connectivity index (χ0) is 13.1. The molecular formula is C10H8BrClFN5. The molecule has 0 amide bonds. The molecule has 0 fully saturated rings.